The first kappa shape index (κ1) is 8.90. The molecule has 1 aromatic heterocycles. The Hall–Kier alpha value is -1.68. The lowest BCUT2D eigenvalue weighted by Crippen LogP contribution is -2.12. The summed E-state index contributed by atoms with van der Waals surface area (Å²) in [6.45, 7) is 0. The summed E-state index contributed by atoms with van der Waals surface area (Å²) in [4.78, 5) is 3.00. The molecule has 0 unspecified atom stereocenters. The van der Waals surface area contributed by atoms with E-state index in [-0.39, 0.29) is 5.84 Å². The summed E-state index contributed by atoms with van der Waals surface area (Å²) in [5.74, 6) is 0.0509. The maximum atomic E-state index is 8.51. The van der Waals surface area contributed by atoms with Crippen LogP contribution >= 0.6 is 11.6 Å². The molecular weight excluding hydrogens is 202 g/mol. The van der Waals surface area contributed by atoms with Gasteiger partial charge in [-0.3, -0.25) is 0 Å². The van der Waals surface area contributed by atoms with Crippen molar-refractivity contribution in [3.8, 4) is 0 Å². The van der Waals surface area contributed by atoms with Gasteiger partial charge in [0.05, 0.1) is 10.5 Å². The van der Waals surface area contributed by atoms with Crippen LogP contribution in [0.25, 0.3) is 10.9 Å². The van der Waals surface area contributed by atoms with E-state index in [1.54, 1.807) is 18.3 Å². The Morgan fingerprint density at radius 1 is 1.50 bits per heavy atom. The zero-order chi connectivity index (χ0) is 10.1. The molecule has 4 N–H and O–H groups in total. The molecule has 4 nitrogen and oxygen atoms in total. The van der Waals surface area contributed by atoms with Crippen LogP contribution < -0.4 is 5.73 Å². The van der Waals surface area contributed by atoms with Gasteiger partial charge in [-0.05, 0) is 18.2 Å². The minimum absolute atomic E-state index is 0.0509. The molecule has 0 amide bonds. The standard InChI is InChI=1S/C9H8ClN3O/c10-7-4-6(9(11)13-14)3-5-1-2-12-8(5)7/h1-4,12,14H,(H2,11,13). The lowest BCUT2D eigenvalue weighted by Gasteiger charge is -2.00. The first-order chi connectivity index (χ1) is 6.72. The number of amidine groups is 1. The highest BCUT2D eigenvalue weighted by molar-refractivity contribution is 6.35. The van der Waals surface area contributed by atoms with E-state index in [0.29, 0.717) is 10.6 Å². The second kappa shape index (κ2) is 3.23. The molecule has 0 spiro atoms. The molecule has 0 saturated heterocycles. The van der Waals surface area contributed by atoms with Crippen LogP contribution in [0.5, 0.6) is 0 Å². The van der Waals surface area contributed by atoms with Gasteiger partial charge in [-0.25, -0.2) is 0 Å². The van der Waals surface area contributed by atoms with Crippen LogP contribution in [0.15, 0.2) is 29.6 Å². The summed E-state index contributed by atoms with van der Waals surface area (Å²) in [7, 11) is 0. The number of nitrogens with one attached hydrogen (secondary N) is 1. The predicted octanol–water partition coefficient (Wildman–Crippen LogP) is 1.92. The molecule has 0 aliphatic heterocycles. The van der Waals surface area contributed by atoms with Crippen molar-refractivity contribution in [3.63, 3.8) is 0 Å². The lowest BCUT2D eigenvalue weighted by molar-refractivity contribution is 0.318. The van der Waals surface area contributed by atoms with E-state index in [0.717, 1.165) is 10.9 Å². The number of nitrogens with two attached hydrogens (primary N) is 1. The topological polar surface area (TPSA) is 74.4 Å². The van der Waals surface area contributed by atoms with E-state index < -0.39 is 0 Å². The van der Waals surface area contributed by atoms with Crippen LogP contribution in [-0.2, 0) is 0 Å². The number of hydrogen-bond donors (Lipinski definition) is 3. The van der Waals surface area contributed by atoms with Crippen LogP contribution in [-0.4, -0.2) is 16.0 Å². The Morgan fingerprint density at radius 2 is 2.29 bits per heavy atom. The van der Waals surface area contributed by atoms with Gasteiger partial charge in [0.25, 0.3) is 0 Å². The second-order valence-electron chi connectivity index (χ2n) is 2.89. The highest BCUT2D eigenvalue weighted by Gasteiger charge is 2.05. The summed E-state index contributed by atoms with van der Waals surface area (Å²) < 4.78 is 0. The van der Waals surface area contributed by atoms with Crippen LogP contribution in [0, 0.1) is 0 Å². The fraction of sp³-hybridized carbons (Fsp3) is 0. The predicted molar refractivity (Wildman–Crippen MR) is 55.8 cm³/mol. The molecule has 14 heavy (non-hydrogen) atoms. The molecule has 1 aromatic carbocycles. The van der Waals surface area contributed by atoms with Crippen molar-refractivity contribution in [2.75, 3.05) is 0 Å². The van der Waals surface area contributed by atoms with E-state index in [4.69, 9.17) is 22.5 Å². The molecule has 5 heteroatoms. The van der Waals surface area contributed by atoms with Crippen molar-refractivity contribution in [1.82, 2.24) is 4.98 Å². The van der Waals surface area contributed by atoms with Crippen molar-refractivity contribution in [3.05, 3.63) is 35.0 Å². The summed E-state index contributed by atoms with van der Waals surface area (Å²) >= 11 is 5.98. The minimum Gasteiger partial charge on any atom is -0.409 e. The van der Waals surface area contributed by atoms with Crippen molar-refractivity contribution in [2.24, 2.45) is 10.9 Å². The quantitative estimate of drug-likeness (QED) is 0.291. The fourth-order valence-corrected chi connectivity index (χ4v) is 1.61. The average molecular weight is 210 g/mol. The highest BCUT2D eigenvalue weighted by Crippen LogP contribution is 2.23. The van der Waals surface area contributed by atoms with Crippen molar-refractivity contribution >= 4 is 28.3 Å². The SMILES string of the molecule is N/C(=N/O)c1cc(Cl)c2[nH]ccc2c1. The lowest BCUT2D eigenvalue weighted by atomic mass is 10.1. The molecule has 0 aliphatic rings. The molecule has 72 valence electrons. The summed E-state index contributed by atoms with van der Waals surface area (Å²) in [6.07, 6.45) is 1.78. The third-order valence-corrected chi connectivity index (χ3v) is 2.31. The summed E-state index contributed by atoms with van der Waals surface area (Å²) in [5.41, 5.74) is 6.90. The normalized spacial score (nSPS) is 12.2. The fourth-order valence-electron chi connectivity index (χ4n) is 1.33. The van der Waals surface area contributed by atoms with E-state index in [1.165, 1.54) is 0 Å². The number of aromatic nitrogens is 1. The Morgan fingerprint density at radius 3 is 3.00 bits per heavy atom. The van der Waals surface area contributed by atoms with Gasteiger partial charge in [0.1, 0.15) is 0 Å². The van der Waals surface area contributed by atoms with Crippen LogP contribution in [0.2, 0.25) is 5.02 Å². The van der Waals surface area contributed by atoms with Gasteiger partial charge >= 0.3 is 0 Å². The zero-order valence-electron chi connectivity index (χ0n) is 7.16. The highest BCUT2D eigenvalue weighted by atomic mass is 35.5. The molecule has 0 atom stereocenters. The largest absolute Gasteiger partial charge is 0.409 e. The Kier molecular flexibility index (Phi) is 2.05. The zero-order valence-corrected chi connectivity index (χ0v) is 7.92. The second-order valence-corrected chi connectivity index (χ2v) is 3.29. The van der Waals surface area contributed by atoms with Gasteiger partial charge in [0, 0.05) is 17.1 Å². The van der Waals surface area contributed by atoms with Gasteiger partial charge in [-0.2, -0.15) is 0 Å². The monoisotopic (exact) mass is 209 g/mol. The van der Waals surface area contributed by atoms with Crippen molar-refractivity contribution in [1.29, 1.82) is 0 Å². The Balaban J connectivity index is 2.70. The summed E-state index contributed by atoms with van der Waals surface area (Å²) in [5, 5.41) is 12.9. The number of halogens is 1. The van der Waals surface area contributed by atoms with Gasteiger partial charge in [-0.15, -0.1) is 0 Å². The first-order valence-corrected chi connectivity index (χ1v) is 4.34. The number of aromatic amines is 1. The smallest absolute Gasteiger partial charge is 0.170 e. The number of H-pyrrole nitrogens is 1. The molecule has 0 fully saturated rings. The Labute approximate surface area is 85.0 Å². The molecule has 1 heterocycles. The third kappa shape index (κ3) is 1.29. The average Bonchev–Trinajstić information content (AvgIpc) is 2.64. The van der Waals surface area contributed by atoms with E-state index in [9.17, 15) is 0 Å². The maximum absolute atomic E-state index is 8.51. The summed E-state index contributed by atoms with van der Waals surface area (Å²) in [6, 6.07) is 5.32. The Bertz CT molecular complexity index is 504. The number of fused-ring (bicyclic) bond motifs is 1. The molecule has 0 bridgehead atoms. The van der Waals surface area contributed by atoms with Gasteiger partial charge in [0.2, 0.25) is 0 Å². The van der Waals surface area contributed by atoms with E-state index in [2.05, 4.69) is 10.1 Å². The van der Waals surface area contributed by atoms with E-state index >= 15 is 0 Å². The number of oxime groups is 1. The van der Waals surface area contributed by atoms with E-state index in [1.807, 2.05) is 6.07 Å². The van der Waals surface area contributed by atoms with Crippen LogP contribution in [0.3, 0.4) is 0 Å². The molecular formula is C9H8ClN3O. The minimum atomic E-state index is 0.0509. The van der Waals surface area contributed by atoms with Crippen molar-refractivity contribution < 1.29 is 5.21 Å². The molecule has 0 aliphatic carbocycles. The van der Waals surface area contributed by atoms with Gasteiger partial charge < -0.3 is 15.9 Å². The first-order valence-electron chi connectivity index (χ1n) is 3.97. The number of benzene rings is 1. The molecule has 0 radical (unpaired) electrons. The molecule has 0 saturated carbocycles. The molecule has 2 rings (SSSR count). The number of rotatable bonds is 1. The van der Waals surface area contributed by atoms with Crippen LogP contribution in [0.4, 0.5) is 0 Å². The van der Waals surface area contributed by atoms with Crippen LogP contribution in [0.1, 0.15) is 5.56 Å². The number of hydrogen-bond acceptors (Lipinski definition) is 2. The van der Waals surface area contributed by atoms with Gasteiger partial charge in [0.15, 0.2) is 5.84 Å². The maximum Gasteiger partial charge on any atom is 0.170 e. The van der Waals surface area contributed by atoms with Gasteiger partial charge in [-0.1, -0.05) is 16.8 Å². The number of nitrogens with zero attached hydrogens (tertiary/aromatic N) is 1. The van der Waals surface area contributed by atoms with Crippen molar-refractivity contribution in [2.45, 2.75) is 0 Å². The third-order valence-electron chi connectivity index (χ3n) is 2.01. The molecule has 2 aromatic rings.